The second-order valence-electron chi connectivity index (χ2n) is 2.94. The SMILES string of the molecule is CC(c1ccccc1)C(C#N)C#N. The molecule has 0 saturated carbocycles. The van der Waals surface area contributed by atoms with Gasteiger partial charge in [0.25, 0.3) is 0 Å². The summed E-state index contributed by atoms with van der Waals surface area (Å²) >= 11 is 0. The lowest BCUT2D eigenvalue weighted by Gasteiger charge is -2.10. The predicted octanol–water partition coefficient (Wildman–Crippen LogP) is 2.45. The molecule has 2 nitrogen and oxygen atoms in total. The van der Waals surface area contributed by atoms with Gasteiger partial charge in [0, 0.05) is 5.92 Å². The minimum absolute atomic E-state index is 0.0174. The first-order valence-electron chi connectivity index (χ1n) is 4.13. The second-order valence-corrected chi connectivity index (χ2v) is 2.94. The Balaban J connectivity index is 2.87. The Labute approximate surface area is 78.0 Å². The topological polar surface area (TPSA) is 47.6 Å². The highest BCUT2D eigenvalue weighted by Gasteiger charge is 2.16. The maximum absolute atomic E-state index is 8.69. The predicted molar refractivity (Wildman–Crippen MR) is 49.6 cm³/mol. The van der Waals surface area contributed by atoms with Crippen LogP contribution in [0.15, 0.2) is 30.3 Å². The van der Waals surface area contributed by atoms with E-state index >= 15 is 0 Å². The molecular weight excluding hydrogens is 160 g/mol. The minimum atomic E-state index is -0.553. The van der Waals surface area contributed by atoms with Gasteiger partial charge in [0.2, 0.25) is 0 Å². The van der Waals surface area contributed by atoms with Gasteiger partial charge in [-0.15, -0.1) is 0 Å². The molecule has 0 bridgehead atoms. The smallest absolute Gasteiger partial charge is 0.139 e. The van der Waals surface area contributed by atoms with E-state index in [9.17, 15) is 0 Å². The van der Waals surface area contributed by atoms with Crippen molar-refractivity contribution in [2.45, 2.75) is 12.8 Å². The number of nitriles is 2. The van der Waals surface area contributed by atoms with E-state index in [0.29, 0.717) is 0 Å². The summed E-state index contributed by atoms with van der Waals surface area (Å²) in [6.07, 6.45) is 0. The largest absolute Gasteiger partial charge is 0.197 e. The third-order valence-corrected chi connectivity index (χ3v) is 2.10. The third-order valence-electron chi connectivity index (χ3n) is 2.10. The molecule has 1 rings (SSSR count). The van der Waals surface area contributed by atoms with Crippen LogP contribution in [0.3, 0.4) is 0 Å². The van der Waals surface area contributed by atoms with Gasteiger partial charge in [-0.25, -0.2) is 0 Å². The highest BCUT2D eigenvalue weighted by atomic mass is 14.3. The summed E-state index contributed by atoms with van der Waals surface area (Å²) in [5, 5.41) is 17.4. The molecule has 0 heterocycles. The maximum atomic E-state index is 8.69. The Kier molecular flexibility index (Phi) is 3.06. The summed E-state index contributed by atoms with van der Waals surface area (Å²) in [5.41, 5.74) is 1.04. The first kappa shape index (κ1) is 9.29. The van der Waals surface area contributed by atoms with E-state index in [1.54, 1.807) is 0 Å². The number of hydrogen-bond acceptors (Lipinski definition) is 2. The van der Waals surface area contributed by atoms with Crippen molar-refractivity contribution in [3.05, 3.63) is 35.9 Å². The van der Waals surface area contributed by atoms with E-state index in [-0.39, 0.29) is 5.92 Å². The molecule has 0 radical (unpaired) electrons. The van der Waals surface area contributed by atoms with Gasteiger partial charge < -0.3 is 0 Å². The zero-order chi connectivity index (χ0) is 9.68. The number of hydrogen-bond donors (Lipinski definition) is 0. The van der Waals surface area contributed by atoms with Crippen molar-refractivity contribution in [3.8, 4) is 12.1 Å². The van der Waals surface area contributed by atoms with Crippen molar-refractivity contribution in [3.63, 3.8) is 0 Å². The van der Waals surface area contributed by atoms with Crippen molar-refractivity contribution in [1.82, 2.24) is 0 Å². The van der Waals surface area contributed by atoms with Gasteiger partial charge in [0.05, 0.1) is 12.1 Å². The van der Waals surface area contributed by atoms with E-state index in [0.717, 1.165) is 5.56 Å². The average molecular weight is 170 g/mol. The molecule has 1 aromatic carbocycles. The number of nitrogens with zero attached hydrogens (tertiary/aromatic N) is 2. The fourth-order valence-electron chi connectivity index (χ4n) is 1.20. The monoisotopic (exact) mass is 170 g/mol. The summed E-state index contributed by atoms with van der Waals surface area (Å²) in [7, 11) is 0. The Hall–Kier alpha value is -1.80. The molecule has 13 heavy (non-hydrogen) atoms. The Morgan fingerprint density at radius 2 is 1.62 bits per heavy atom. The molecule has 0 N–H and O–H groups in total. The van der Waals surface area contributed by atoms with Gasteiger partial charge >= 0.3 is 0 Å². The summed E-state index contributed by atoms with van der Waals surface area (Å²) in [6.45, 7) is 1.90. The molecule has 1 atom stereocenters. The Bertz CT molecular complexity index is 329. The van der Waals surface area contributed by atoms with Crippen molar-refractivity contribution >= 4 is 0 Å². The van der Waals surface area contributed by atoms with Crippen molar-refractivity contribution in [1.29, 1.82) is 10.5 Å². The van der Waals surface area contributed by atoms with Gasteiger partial charge in [0.15, 0.2) is 0 Å². The van der Waals surface area contributed by atoms with Gasteiger partial charge in [-0.2, -0.15) is 10.5 Å². The Morgan fingerprint density at radius 3 is 2.08 bits per heavy atom. The average Bonchev–Trinajstić information content (AvgIpc) is 2.21. The zero-order valence-electron chi connectivity index (χ0n) is 7.44. The molecular formula is C11H10N2. The standard InChI is InChI=1S/C11H10N2/c1-9(11(7-12)8-13)10-5-3-2-4-6-10/h2-6,9,11H,1H3. The first-order valence-corrected chi connectivity index (χ1v) is 4.13. The van der Waals surface area contributed by atoms with Crippen LogP contribution in [0.2, 0.25) is 0 Å². The lowest BCUT2D eigenvalue weighted by molar-refractivity contribution is 0.670. The zero-order valence-corrected chi connectivity index (χ0v) is 7.44. The fourth-order valence-corrected chi connectivity index (χ4v) is 1.20. The van der Waals surface area contributed by atoms with E-state index in [1.165, 1.54) is 0 Å². The second kappa shape index (κ2) is 4.28. The maximum Gasteiger partial charge on any atom is 0.139 e. The molecule has 64 valence electrons. The van der Waals surface area contributed by atoms with Crippen LogP contribution in [0.5, 0.6) is 0 Å². The molecule has 0 aromatic heterocycles. The van der Waals surface area contributed by atoms with E-state index in [1.807, 2.05) is 49.4 Å². The first-order chi connectivity index (χ1) is 6.29. The van der Waals surface area contributed by atoms with Crippen LogP contribution in [0, 0.1) is 28.6 Å². The summed E-state index contributed by atoms with van der Waals surface area (Å²) in [5.74, 6) is -0.571. The molecule has 0 aliphatic heterocycles. The van der Waals surface area contributed by atoms with Crippen LogP contribution in [-0.4, -0.2) is 0 Å². The summed E-state index contributed by atoms with van der Waals surface area (Å²) < 4.78 is 0. The van der Waals surface area contributed by atoms with Gasteiger partial charge in [-0.05, 0) is 5.56 Å². The van der Waals surface area contributed by atoms with Gasteiger partial charge in [-0.3, -0.25) is 0 Å². The van der Waals surface area contributed by atoms with Crippen molar-refractivity contribution < 1.29 is 0 Å². The lowest BCUT2D eigenvalue weighted by Crippen LogP contribution is -2.05. The summed E-state index contributed by atoms with van der Waals surface area (Å²) in [6, 6.07) is 13.6. The molecule has 0 aliphatic rings. The van der Waals surface area contributed by atoms with E-state index in [2.05, 4.69) is 0 Å². The third kappa shape index (κ3) is 2.07. The molecule has 2 heteroatoms. The van der Waals surface area contributed by atoms with Crippen molar-refractivity contribution in [2.75, 3.05) is 0 Å². The minimum Gasteiger partial charge on any atom is -0.197 e. The quantitative estimate of drug-likeness (QED) is 0.684. The molecule has 0 spiro atoms. The van der Waals surface area contributed by atoms with Gasteiger partial charge in [0.1, 0.15) is 5.92 Å². The highest BCUT2D eigenvalue weighted by molar-refractivity contribution is 5.23. The molecule has 0 amide bonds. The van der Waals surface area contributed by atoms with Crippen LogP contribution in [0.4, 0.5) is 0 Å². The lowest BCUT2D eigenvalue weighted by atomic mass is 9.90. The Morgan fingerprint density at radius 1 is 1.08 bits per heavy atom. The van der Waals surface area contributed by atoms with E-state index < -0.39 is 5.92 Å². The summed E-state index contributed by atoms with van der Waals surface area (Å²) in [4.78, 5) is 0. The van der Waals surface area contributed by atoms with Crippen LogP contribution in [-0.2, 0) is 0 Å². The molecule has 0 fully saturated rings. The number of benzene rings is 1. The van der Waals surface area contributed by atoms with E-state index in [4.69, 9.17) is 10.5 Å². The molecule has 1 aromatic rings. The highest BCUT2D eigenvalue weighted by Crippen LogP contribution is 2.22. The van der Waals surface area contributed by atoms with Crippen LogP contribution in [0.25, 0.3) is 0 Å². The van der Waals surface area contributed by atoms with Crippen LogP contribution >= 0.6 is 0 Å². The van der Waals surface area contributed by atoms with Gasteiger partial charge in [-0.1, -0.05) is 37.3 Å². The van der Waals surface area contributed by atoms with Crippen molar-refractivity contribution in [2.24, 2.45) is 5.92 Å². The molecule has 0 aliphatic carbocycles. The fraction of sp³-hybridized carbons (Fsp3) is 0.273. The molecule has 0 saturated heterocycles. The molecule has 1 unspecified atom stereocenters. The normalized spacial score (nSPS) is 11.7. The van der Waals surface area contributed by atoms with Crippen LogP contribution < -0.4 is 0 Å². The number of rotatable bonds is 2. The van der Waals surface area contributed by atoms with Crippen LogP contribution in [0.1, 0.15) is 18.4 Å².